The third-order valence-corrected chi connectivity index (χ3v) is 3.84. The van der Waals surface area contributed by atoms with E-state index in [0.717, 1.165) is 45.7 Å². The van der Waals surface area contributed by atoms with E-state index in [1.54, 1.807) is 0 Å². The van der Waals surface area contributed by atoms with Gasteiger partial charge in [-0.2, -0.15) is 0 Å². The summed E-state index contributed by atoms with van der Waals surface area (Å²) in [6.45, 7) is 8.59. The molecule has 1 aliphatic rings. The molecule has 0 heterocycles. The first-order chi connectivity index (χ1) is 8.26. The van der Waals surface area contributed by atoms with E-state index in [1.165, 1.54) is 25.5 Å². The molecule has 3 nitrogen and oxygen atoms in total. The molecule has 0 aromatic heterocycles. The van der Waals surface area contributed by atoms with E-state index in [9.17, 15) is 4.79 Å². The second-order valence-corrected chi connectivity index (χ2v) is 5.11. The number of hydrogen-bond donors (Lipinski definition) is 0. The molecule has 0 radical (unpaired) electrons. The molecule has 100 valence electrons. The van der Waals surface area contributed by atoms with Crippen LogP contribution in [0.3, 0.4) is 0 Å². The van der Waals surface area contributed by atoms with Crippen LogP contribution in [-0.2, 0) is 9.53 Å². The van der Waals surface area contributed by atoms with Gasteiger partial charge >= 0.3 is 0 Å². The van der Waals surface area contributed by atoms with Crippen LogP contribution in [0.4, 0.5) is 0 Å². The second kappa shape index (κ2) is 7.83. The van der Waals surface area contributed by atoms with Crippen LogP contribution in [-0.4, -0.2) is 44.0 Å². The van der Waals surface area contributed by atoms with E-state index in [0.29, 0.717) is 0 Å². The summed E-state index contributed by atoms with van der Waals surface area (Å²) >= 11 is 0. The Morgan fingerprint density at radius 1 is 1.24 bits per heavy atom. The minimum Gasteiger partial charge on any atom is -0.380 e. The molecule has 0 saturated heterocycles. The van der Waals surface area contributed by atoms with Gasteiger partial charge in [-0.15, -0.1) is 0 Å². The summed E-state index contributed by atoms with van der Waals surface area (Å²) in [5, 5.41) is 0. The van der Waals surface area contributed by atoms with Crippen LogP contribution in [0.25, 0.3) is 0 Å². The number of aldehydes is 1. The molecule has 0 N–H and O–H groups in total. The van der Waals surface area contributed by atoms with E-state index >= 15 is 0 Å². The first-order valence-corrected chi connectivity index (χ1v) is 7.03. The van der Waals surface area contributed by atoms with Crippen molar-refractivity contribution in [2.45, 2.75) is 46.0 Å². The molecule has 0 bridgehead atoms. The van der Waals surface area contributed by atoms with E-state index in [-0.39, 0.29) is 5.41 Å². The highest BCUT2D eigenvalue weighted by Crippen LogP contribution is 2.35. The highest BCUT2D eigenvalue weighted by atomic mass is 16.5. The molecule has 0 unspecified atom stereocenters. The lowest BCUT2D eigenvalue weighted by atomic mass is 9.75. The minimum absolute atomic E-state index is 0.0690. The van der Waals surface area contributed by atoms with Gasteiger partial charge < -0.3 is 14.4 Å². The van der Waals surface area contributed by atoms with Crippen LogP contribution in [0, 0.1) is 5.41 Å². The van der Waals surface area contributed by atoms with Gasteiger partial charge in [0.15, 0.2) is 0 Å². The number of ether oxygens (including phenoxy) is 1. The number of nitrogens with zero attached hydrogens (tertiary/aromatic N) is 1. The zero-order valence-electron chi connectivity index (χ0n) is 11.4. The Hall–Kier alpha value is -0.410. The molecule has 17 heavy (non-hydrogen) atoms. The quantitative estimate of drug-likeness (QED) is 0.483. The summed E-state index contributed by atoms with van der Waals surface area (Å²) in [4.78, 5) is 13.8. The van der Waals surface area contributed by atoms with Gasteiger partial charge in [-0.25, -0.2) is 0 Å². The smallest absolute Gasteiger partial charge is 0.127 e. The summed E-state index contributed by atoms with van der Waals surface area (Å²) in [7, 11) is 0. The number of rotatable bonds is 8. The zero-order chi connectivity index (χ0) is 12.6. The first kappa shape index (κ1) is 14.7. The summed E-state index contributed by atoms with van der Waals surface area (Å²) < 4.78 is 5.39. The Kier molecular flexibility index (Phi) is 6.75. The van der Waals surface area contributed by atoms with Crippen molar-refractivity contribution in [3.8, 4) is 0 Å². The Labute approximate surface area is 106 Å². The van der Waals surface area contributed by atoms with Crippen molar-refractivity contribution in [2.75, 3.05) is 32.8 Å². The highest BCUT2D eigenvalue weighted by Gasteiger charge is 2.33. The van der Waals surface area contributed by atoms with Gasteiger partial charge in [0.2, 0.25) is 0 Å². The maximum Gasteiger partial charge on any atom is 0.127 e. The Morgan fingerprint density at radius 3 is 2.47 bits per heavy atom. The van der Waals surface area contributed by atoms with Crippen LogP contribution in [0.5, 0.6) is 0 Å². The Balaban J connectivity index is 2.43. The predicted molar refractivity (Wildman–Crippen MR) is 70.2 cm³/mol. The van der Waals surface area contributed by atoms with Gasteiger partial charge in [0.1, 0.15) is 6.29 Å². The molecule has 0 spiro atoms. The van der Waals surface area contributed by atoms with Crippen molar-refractivity contribution < 1.29 is 9.53 Å². The number of carbonyl (C=O) groups excluding carboxylic acids is 1. The molecule has 0 aromatic rings. The maximum atomic E-state index is 11.4. The molecule has 0 atom stereocenters. The van der Waals surface area contributed by atoms with Crippen molar-refractivity contribution in [3.63, 3.8) is 0 Å². The van der Waals surface area contributed by atoms with Crippen LogP contribution >= 0.6 is 0 Å². The fraction of sp³-hybridized carbons (Fsp3) is 0.929. The Morgan fingerprint density at radius 2 is 1.94 bits per heavy atom. The lowest BCUT2D eigenvalue weighted by molar-refractivity contribution is -0.119. The van der Waals surface area contributed by atoms with E-state index in [1.807, 2.05) is 6.92 Å². The van der Waals surface area contributed by atoms with Crippen molar-refractivity contribution >= 4 is 6.29 Å². The molecular weight excluding hydrogens is 214 g/mol. The zero-order valence-corrected chi connectivity index (χ0v) is 11.4. The van der Waals surface area contributed by atoms with Crippen molar-refractivity contribution in [3.05, 3.63) is 0 Å². The van der Waals surface area contributed by atoms with E-state index in [4.69, 9.17) is 4.74 Å². The summed E-state index contributed by atoms with van der Waals surface area (Å²) in [5.74, 6) is 0. The van der Waals surface area contributed by atoms with Crippen LogP contribution < -0.4 is 0 Å². The third kappa shape index (κ3) is 4.76. The van der Waals surface area contributed by atoms with Gasteiger partial charge in [-0.3, -0.25) is 0 Å². The molecular formula is C14H27NO2. The van der Waals surface area contributed by atoms with Gasteiger partial charge in [0.25, 0.3) is 0 Å². The average Bonchev–Trinajstić information content (AvgIpc) is 2.39. The third-order valence-electron chi connectivity index (χ3n) is 3.84. The summed E-state index contributed by atoms with van der Waals surface area (Å²) in [6.07, 6.45) is 7.07. The molecule has 1 saturated carbocycles. The van der Waals surface area contributed by atoms with Crippen LogP contribution in [0.15, 0.2) is 0 Å². The molecule has 0 amide bonds. The van der Waals surface area contributed by atoms with E-state index in [2.05, 4.69) is 11.8 Å². The topological polar surface area (TPSA) is 29.5 Å². The van der Waals surface area contributed by atoms with Gasteiger partial charge in [0.05, 0.1) is 6.61 Å². The normalized spacial score (nSPS) is 19.5. The molecule has 1 rings (SSSR count). The van der Waals surface area contributed by atoms with Gasteiger partial charge in [-0.1, -0.05) is 26.2 Å². The lowest BCUT2D eigenvalue weighted by Crippen LogP contribution is -2.41. The Bertz CT molecular complexity index is 212. The highest BCUT2D eigenvalue weighted by molar-refractivity contribution is 5.60. The molecule has 1 fully saturated rings. The van der Waals surface area contributed by atoms with Crippen molar-refractivity contribution in [1.82, 2.24) is 4.90 Å². The minimum atomic E-state index is -0.0690. The largest absolute Gasteiger partial charge is 0.380 e. The molecule has 0 aliphatic heterocycles. The second-order valence-electron chi connectivity index (χ2n) is 5.11. The van der Waals surface area contributed by atoms with Crippen LogP contribution in [0.1, 0.15) is 46.0 Å². The van der Waals surface area contributed by atoms with Crippen molar-refractivity contribution in [2.24, 2.45) is 5.41 Å². The van der Waals surface area contributed by atoms with Gasteiger partial charge in [0, 0.05) is 25.1 Å². The fourth-order valence-electron chi connectivity index (χ4n) is 2.70. The number of likely N-dealkylation sites (N-methyl/N-ethyl adjacent to an activating group) is 1. The first-order valence-electron chi connectivity index (χ1n) is 7.03. The predicted octanol–water partition coefficient (Wildman–Crippen LogP) is 2.49. The van der Waals surface area contributed by atoms with E-state index < -0.39 is 0 Å². The monoisotopic (exact) mass is 241 g/mol. The average molecular weight is 241 g/mol. The SMILES string of the molecule is CCOCCN(CC)CC1(C=O)CCCCC1. The standard InChI is InChI=1S/C14H27NO2/c1-3-15(10-11-17-4-2)12-14(13-16)8-6-5-7-9-14/h13H,3-12H2,1-2H3. The van der Waals surface area contributed by atoms with Crippen LogP contribution in [0.2, 0.25) is 0 Å². The summed E-state index contributed by atoms with van der Waals surface area (Å²) in [5.41, 5.74) is -0.0690. The number of hydrogen-bond acceptors (Lipinski definition) is 3. The number of carbonyl (C=O) groups is 1. The van der Waals surface area contributed by atoms with Crippen molar-refractivity contribution in [1.29, 1.82) is 0 Å². The summed E-state index contributed by atoms with van der Waals surface area (Å²) in [6, 6.07) is 0. The molecule has 1 aliphatic carbocycles. The molecule has 0 aromatic carbocycles. The van der Waals surface area contributed by atoms with Gasteiger partial charge in [-0.05, 0) is 26.3 Å². The maximum absolute atomic E-state index is 11.4. The fourth-order valence-corrected chi connectivity index (χ4v) is 2.70. The lowest BCUT2D eigenvalue weighted by Gasteiger charge is -2.36. The molecule has 3 heteroatoms.